The Labute approximate surface area is 118 Å². The highest BCUT2D eigenvalue weighted by molar-refractivity contribution is 5.23. The van der Waals surface area contributed by atoms with E-state index < -0.39 is 11.6 Å². The second kappa shape index (κ2) is 5.78. The van der Waals surface area contributed by atoms with Crippen LogP contribution in [0, 0.1) is 17.6 Å². The van der Waals surface area contributed by atoms with E-state index in [4.69, 9.17) is 5.73 Å². The molecule has 3 unspecified atom stereocenters. The normalized spacial score (nSPS) is 28.4. The number of halogens is 2. The first-order valence-corrected chi connectivity index (χ1v) is 7.61. The number of rotatable bonds is 3. The number of piperidine rings is 1. The fraction of sp³-hybridized carbons (Fsp3) is 0.625. The molecule has 0 aromatic heterocycles. The zero-order chi connectivity index (χ0) is 14.1. The molecule has 1 heterocycles. The molecule has 1 saturated carbocycles. The zero-order valence-electron chi connectivity index (χ0n) is 11.7. The van der Waals surface area contributed by atoms with Crippen LogP contribution in [0.2, 0.25) is 0 Å². The van der Waals surface area contributed by atoms with Crippen molar-refractivity contribution in [3.8, 4) is 0 Å². The summed E-state index contributed by atoms with van der Waals surface area (Å²) in [5, 5.41) is 0. The molecular formula is C16H22F2N2. The third-order valence-corrected chi connectivity index (χ3v) is 4.98. The number of fused-ring (bicyclic) bond motifs is 1. The van der Waals surface area contributed by atoms with Gasteiger partial charge in [0, 0.05) is 24.2 Å². The molecule has 0 bridgehead atoms. The monoisotopic (exact) mass is 280 g/mol. The van der Waals surface area contributed by atoms with E-state index in [-0.39, 0.29) is 6.04 Å². The van der Waals surface area contributed by atoms with Crippen molar-refractivity contribution in [2.45, 2.75) is 44.2 Å². The lowest BCUT2D eigenvalue weighted by molar-refractivity contribution is 0.0685. The first-order valence-electron chi connectivity index (χ1n) is 7.61. The fourth-order valence-electron chi connectivity index (χ4n) is 4.09. The molecule has 1 aromatic rings. The Morgan fingerprint density at radius 2 is 2.00 bits per heavy atom. The molecule has 20 heavy (non-hydrogen) atoms. The SMILES string of the molecule is NCC(c1ccc(F)cc1F)N1CCCC2CCCC21. The summed E-state index contributed by atoms with van der Waals surface area (Å²) in [6.07, 6.45) is 6.16. The lowest BCUT2D eigenvalue weighted by Crippen LogP contribution is -2.47. The molecule has 0 amide bonds. The Kier molecular flexibility index (Phi) is 4.03. The fourth-order valence-corrected chi connectivity index (χ4v) is 4.09. The van der Waals surface area contributed by atoms with Crippen LogP contribution in [0.15, 0.2) is 18.2 Å². The summed E-state index contributed by atoms with van der Waals surface area (Å²) >= 11 is 0. The van der Waals surface area contributed by atoms with Crippen LogP contribution in [0.25, 0.3) is 0 Å². The van der Waals surface area contributed by atoms with Crippen LogP contribution < -0.4 is 5.73 Å². The molecule has 2 fully saturated rings. The molecule has 0 radical (unpaired) electrons. The summed E-state index contributed by atoms with van der Waals surface area (Å²) in [7, 11) is 0. The van der Waals surface area contributed by atoms with E-state index in [0.717, 1.165) is 24.9 Å². The van der Waals surface area contributed by atoms with Gasteiger partial charge in [0.15, 0.2) is 0 Å². The molecule has 110 valence electrons. The second-order valence-corrected chi connectivity index (χ2v) is 6.06. The molecule has 1 aromatic carbocycles. The van der Waals surface area contributed by atoms with Crippen molar-refractivity contribution in [3.63, 3.8) is 0 Å². The highest BCUT2D eigenvalue weighted by atomic mass is 19.1. The minimum Gasteiger partial charge on any atom is -0.329 e. The first kappa shape index (κ1) is 14.0. The van der Waals surface area contributed by atoms with Crippen molar-refractivity contribution in [2.75, 3.05) is 13.1 Å². The van der Waals surface area contributed by atoms with Crippen molar-refractivity contribution in [3.05, 3.63) is 35.4 Å². The maximum absolute atomic E-state index is 14.1. The van der Waals surface area contributed by atoms with Crippen LogP contribution in [-0.2, 0) is 0 Å². The second-order valence-electron chi connectivity index (χ2n) is 6.06. The summed E-state index contributed by atoms with van der Waals surface area (Å²) in [6, 6.07) is 4.26. The van der Waals surface area contributed by atoms with Crippen LogP contribution in [0.4, 0.5) is 8.78 Å². The van der Waals surface area contributed by atoms with Gasteiger partial charge in [0.25, 0.3) is 0 Å². The van der Waals surface area contributed by atoms with Gasteiger partial charge in [-0.15, -0.1) is 0 Å². The molecule has 1 aliphatic carbocycles. The molecule has 2 N–H and O–H groups in total. The van der Waals surface area contributed by atoms with Crippen molar-refractivity contribution < 1.29 is 8.78 Å². The first-order chi connectivity index (χ1) is 9.70. The van der Waals surface area contributed by atoms with Crippen molar-refractivity contribution in [1.82, 2.24) is 4.90 Å². The van der Waals surface area contributed by atoms with E-state index >= 15 is 0 Å². The highest BCUT2D eigenvalue weighted by Gasteiger charge is 2.38. The maximum atomic E-state index is 14.1. The lowest BCUT2D eigenvalue weighted by Gasteiger charge is -2.42. The number of hydrogen-bond donors (Lipinski definition) is 1. The van der Waals surface area contributed by atoms with E-state index in [1.807, 2.05) is 0 Å². The number of nitrogens with two attached hydrogens (primary N) is 1. The van der Waals surface area contributed by atoms with Gasteiger partial charge in [-0.25, -0.2) is 8.78 Å². The summed E-state index contributed by atoms with van der Waals surface area (Å²) in [5.41, 5.74) is 6.47. The Morgan fingerprint density at radius 1 is 1.20 bits per heavy atom. The van der Waals surface area contributed by atoms with Crippen molar-refractivity contribution in [1.29, 1.82) is 0 Å². The Bertz CT molecular complexity index is 478. The van der Waals surface area contributed by atoms with Gasteiger partial charge in [-0.05, 0) is 44.2 Å². The van der Waals surface area contributed by atoms with E-state index in [1.165, 1.54) is 31.7 Å². The van der Waals surface area contributed by atoms with Gasteiger partial charge in [0.1, 0.15) is 11.6 Å². The minimum absolute atomic E-state index is 0.124. The molecule has 4 heteroatoms. The van der Waals surface area contributed by atoms with E-state index in [9.17, 15) is 8.78 Å². The van der Waals surface area contributed by atoms with Crippen LogP contribution >= 0.6 is 0 Å². The average Bonchev–Trinajstić information content (AvgIpc) is 2.91. The topological polar surface area (TPSA) is 29.3 Å². The summed E-state index contributed by atoms with van der Waals surface area (Å²) in [5.74, 6) is -0.263. The molecular weight excluding hydrogens is 258 g/mol. The van der Waals surface area contributed by atoms with Crippen molar-refractivity contribution in [2.24, 2.45) is 11.7 Å². The molecule has 3 rings (SSSR count). The summed E-state index contributed by atoms with van der Waals surface area (Å²) < 4.78 is 27.2. The Morgan fingerprint density at radius 3 is 2.75 bits per heavy atom. The van der Waals surface area contributed by atoms with Crippen LogP contribution in [0.5, 0.6) is 0 Å². The number of nitrogens with zero attached hydrogens (tertiary/aromatic N) is 1. The number of likely N-dealkylation sites (tertiary alicyclic amines) is 1. The highest BCUT2D eigenvalue weighted by Crippen LogP contribution is 2.40. The van der Waals surface area contributed by atoms with Crippen LogP contribution in [-0.4, -0.2) is 24.0 Å². The predicted molar refractivity (Wildman–Crippen MR) is 75.2 cm³/mol. The van der Waals surface area contributed by atoms with Gasteiger partial charge in [0.2, 0.25) is 0 Å². The summed E-state index contributed by atoms with van der Waals surface area (Å²) in [4.78, 5) is 2.37. The third kappa shape index (κ3) is 2.47. The Hall–Kier alpha value is -1.00. The lowest BCUT2D eigenvalue weighted by atomic mass is 9.89. The largest absolute Gasteiger partial charge is 0.329 e. The summed E-state index contributed by atoms with van der Waals surface area (Å²) in [6.45, 7) is 1.35. The molecule has 1 saturated heterocycles. The van der Waals surface area contributed by atoms with Gasteiger partial charge in [-0.2, -0.15) is 0 Å². The van der Waals surface area contributed by atoms with Gasteiger partial charge < -0.3 is 5.73 Å². The van der Waals surface area contributed by atoms with Gasteiger partial charge in [-0.3, -0.25) is 4.90 Å². The van der Waals surface area contributed by atoms with E-state index in [1.54, 1.807) is 6.07 Å². The zero-order valence-corrected chi connectivity index (χ0v) is 11.7. The quantitative estimate of drug-likeness (QED) is 0.921. The predicted octanol–water partition coefficient (Wildman–Crippen LogP) is 3.23. The van der Waals surface area contributed by atoms with Crippen molar-refractivity contribution >= 4 is 0 Å². The number of hydrogen-bond acceptors (Lipinski definition) is 2. The van der Waals surface area contributed by atoms with Gasteiger partial charge >= 0.3 is 0 Å². The minimum atomic E-state index is -0.528. The maximum Gasteiger partial charge on any atom is 0.130 e. The average molecular weight is 280 g/mol. The molecule has 2 aliphatic rings. The Balaban J connectivity index is 1.88. The number of benzene rings is 1. The molecule has 1 aliphatic heterocycles. The molecule has 0 spiro atoms. The van der Waals surface area contributed by atoms with Crippen LogP contribution in [0.3, 0.4) is 0 Å². The van der Waals surface area contributed by atoms with Gasteiger partial charge in [-0.1, -0.05) is 12.5 Å². The van der Waals surface area contributed by atoms with E-state index in [0.29, 0.717) is 18.2 Å². The van der Waals surface area contributed by atoms with Crippen LogP contribution in [0.1, 0.15) is 43.7 Å². The molecule has 2 nitrogen and oxygen atoms in total. The molecule has 3 atom stereocenters. The smallest absolute Gasteiger partial charge is 0.130 e. The third-order valence-electron chi connectivity index (χ3n) is 4.98. The van der Waals surface area contributed by atoms with E-state index in [2.05, 4.69) is 4.90 Å². The van der Waals surface area contributed by atoms with Gasteiger partial charge in [0.05, 0.1) is 6.04 Å². The standard InChI is InChI=1S/C16H22F2N2/c17-12-6-7-13(14(18)9-12)16(10-19)20-8-2-4-11-3-1-5-15(11)20/h6-7,9,11,15-16H,1-5,8,10,19H2.